The number of unbranched alkanes of at least 4 members (excludes halogenated alkanes) is 1. The van der Waals surface area contributed by atoms with E-state index in [1.165, 1.54) is 18.4 Å². The van der Waals surface area contributed by atoms with Crippen molar-refractivity contribution in [2.45, 2.75) is 97.3 Å². The van der Waals surface area contributed by atoms with Crippen LogP contribution in [0.15, 0.2) is 23.8 Å². The Hall–Kier alpha value is -1.17. The summed E-state index contributed by atoms with van der Waals surface area (Å²) in [6, 6.07) is 0. The van der Waals surface area contributed by atoms with Crippen molar-refractivity contribution in [2.24, 2.45) is 23.7 Å². The molecule has 32 heavy (non-hydrogen) atoms. The molecular weight excluding hydrogens is 400 g/mol. The zero-order valence-corrected chi connectivity index (χ0v) is 21.3. The Bertz CT molecular complexity index is 652. The second-order valence-electron chi connectivity index (χ2n) is 11.2. The van der Waals surface area contributed by atoms with E-state index in [1.54, 1.807) is 0 Å². The molecule has 2 aliphatic carbocycles. The van der Waals surface area contributed by atoms with Crippen LogP contribution in [0.1, 0.15) is 79.6 Å². The zero-order chi connectivity index (χ0) is 23.9. The fourth-order valence-electron chi connectivity index (χ4n) is 5.14. The molecule has 0 aromatic rings. The molecule has 1 saturated carbocycles. The Morgan fingerprint density at radius 3 is 2.75 bits per heavy atom. The van der Waals surface area contributed by atoms with E-state index in [2.05, 4.69) is 31.3 Å². The topological polar surface area (TPSA) is 72.8 Å². The minimum atomic E-state index is -0.424. The first-order valence-electron chi connectivity index (χ1n) is 12.7. The van der Waals surface area contributed by atoms with Gasteiger partial charge in [-0.05, 0) is 57.8 Å². The van der Waals surface area contributed by atoms with Crippen molar-refractivity contribution in [3.05, 3.63) is 23.8 Å². The summed E-state index contributed by atoms with van der Waals surface area (Å²) in [5.41, 5.74) is 1.24. The van der Waals surface area contributed by atoms with Crippen LogP contribution in [0.2, 0.25) is 0 Å². The van der Waals surface area contributed by atoms with Crippen LogP contribution in [-0.4, -0.2) is 58.9 Å². The molecule has 1 fully saturated rings. The van der Waals surface area contributed by atoms with E-state index in [1.807, 2.05) is 38.8 Å². The molecule has 0 aliphatic heterocycles. The maximum atomic E-state index is 12.3. The van der Waals surface area contributed by atoms with Gasteiger partial charge in [-0.3, -0.25) is 4.79 Å². The van der Waals surface area contributed by atoms with Gasteiger partial charge in [-0.1, -0.05) is 56.9 Å². The summed E-state index contributed by atoms with van der Waals surface area (Å²) in [5, 5.41) is 24.4. The average Bonchev–Trinajstić information content (AvgIpc) is 3.22. The molecule has 0 heterocycles. The second-order valence-corrected chi connectivity index (χ2v) is 11.2. The number of rotatable bonds is 12. The van der Waals surface area contributed by atoms with Gasteiger partial charge in [-0.15, -0.1) is 0 Å². The highest BCUT2D eigenvalue weighted by molar-refractivity contribution is 5.76. The minimum absolute atomic E-state index is 0.122. The Labute approximate surface area is 196 Å². The van der Waals surface area contributed by atoms with Gasteiger partial charge < -0.3 is 20.4 Å². The lowest BCUT2D eigenvalue weighted by molar-refractivity contribution is -0.133. The predicted octanol–water partition coefficient (Wildman–Crippen LogP) is 4.30. The fourth-order valence-corrected chi connectivity index (χ4v) is 5.14. The highest BCUT2D eigenvalue weighted by Gasteiger charge is 2.43. The van der Waals surface area contributed by atoms with Crippen molar-refractivity contribution >= 4 is 5.91 Å². The summed E-state index contributed by atoms with van der Waals surface area (Å²) in [6.45, 7) is 12.0. The van der Waals surface area contributed by atoms with Crippen LogP contribution in [-0.2, 0) is 4.79 Å². The van der Waals surface area contributed by atoms with Crippen LogP contribution in [0.25, 0.3) is 0 Å². The number of aliphatic hydroxyl groups is 2. The SMILES string of the molecule is CCCC[C@H](C)C[C@H](O)C=C[C@@H]1[C@H]2CC(CNCCC(=O)N(C)C(C)(C)C)=C[C@H]2C[C@H]1O. The largest absolute Gasteiger partial charge is 0.392 e. The second kappa shape index (κ2) is 12.3. The van der Waals surface area contributed by atoms with Crippen molar-refractivity contribution in [1.82, 2.24) is 10.2 Å². The Kier molecular flexibility index (Phi) is 10.4. The number of amides is 1. The lowest BCUT2D eigenvalue weighted by Gasteiger charge is -2.32. The highest BCUT2D eigenvalue weighted by Crippen LogP contribution is 2.47. The summed E-state index contributed by atoms with van der Waals surface area (Å²) in [4.78, 5) is 14.1. The maximum absolute atomic E-state index is 12.3. The number of nitrogens with zero attached hydrogens (tertiary/aromatic N) is 1. The molecule has 0 saturated heterocycles. The summed E-state index contributed by atoms with van der Waals surface area (Å²) in [7, 11) is 1.87. The third kappa shape index (κ3) is 8.00. The van der Waals surface area contributed by atoms with Crippen LogP contribution in [0.4, 0.5) is 0 Å². The molecule has 2 rings (SSSR count). The number of hydrogen-bond donors (Lipinski definition) is 3. The summed E-state index contributed by atoms with van der Waals surface area (Å²) < 4.78 is 0. The minimum Gasteiger partial charge on any atom is -0.392 e. The van der Waals surface area contributed by atoms with Gasteiger partial charge in [-0.2, -0.15) is 0 Å². The molecule has 0 spiro atoms. The average molecular weight is 449 g/mol. The maximum Gasteiger partial charge on any atom is 0.224 e. The Morgan fingerprint density at radius 2 is 2.09 bits per heavy atom. The first-order valence-corrected chi connectivity index (χ1v) is 12.7. The molecule has 2 aliphatic rings. The normalized spacial score (nSPS) is 27.4. The van der Waals surface area contributed by atoms with E-state index in [0.29, 0.717) is 30.7 Å². The van der Waals surface area contributed by atoms with E-state index in [-0.39, 0.29) is 23.5 Å². The third-order valence-electron chi connectivity index (χ3n) is 7.45. The van der Waals surface area contributed by atoms with Gasteiger partial charge in [0, 0.05) is 38.0 Å². The lowest BCUT2D eigenvalue weighted by atomic mass is 9.88. The molecular formula is C27H48N2O3. The molecule has 6 atom stereocenters. The summed E-state index contributed by atoms with van der Waals surface area (Å²) >= 11 is 0. The third-order valence-corrected chi connectivity index (χ3v) is 7.45. The van der Waals surface area contributed by atoms with Gasteiger partial charge in [0.15, 0.2) is 0 Å². The zero-order valence-electron chi connectivity index (χ0n) is 21.3. The Morgan fingerprint density at radius 1 is 1.38 bits per heavy atom. The number of carbonyl (C=O) groups excluding carboxylic acids is 1. The molecule has 0 aromatic heterocycles. The van der Waals surface area contributed by atoms with E-state index >= 15 is 0 Å². The molecule has 0 unspecified atom stereocenters. The van der Waals surface area contributed by atoms with Gasteiger partial charge >= 0.3 is 0 Å². The summed E-state index contributed by atoms with van der Waals surface area (Å²) in [5.74, 6) is 1.66. The number of nitrogens with one attached hydrogen (secondary N) is 1. The van der Waals surface area contributed by atoms with Gasteiger partial charge in [0.25, 0.3) is 0 Å². The molecule has 5 nitrogen and oxygen atoms in total. The number of allylic oxidation sites excluding steroid dienone is 1. The van der Waals surface area contributed by atoms with Gasteiger partial charge in [0.1, 0.15) is 0 Å². The molecule has 3 N–H and O–H groups in total. The standard InChI is InChI=1S/C27H48N2O3/c1-7-8-9-19(2)14-22(30)10-11-23-24-16-20(15-21(24)17-25(23)31)18-28-13-12-26(32)29(6)27(3,4)5/h10-11,15,19,21-25,28,30-31H,7-9,12-14,16-18H2,1-6H3/t19-,21-,22+,23+,24-,25+/m0/s1. The quantitative estimate of drug-likeness (QED) is 0.307. The fraction of sp³-hybridized carbons (Fsp3) is 0.815. The van der Waals surface area contributed by atoms with Crippen molar-refractivity contribution in [2.75, 3.05) is 20.1 Å². The van der Waals surface area contributed by atoms with Crippen LogP contribution >= 0.6 is 0 Å². The van der Waals surface area contributed by atoms with E-state index < -0.39 is 6.10 Å². The van der Waals surface area contributed by atoms with Crippen LogP contribution in [0, 0.1) is 23.7 Å². The lowest BCUT2D eigenvalue weighted by Crippen LogP contribution is -2.43. The molecule has 0 radical (unpaired) electrons. The summed E-state index contributed by atoms with van der Waals surface area (Å²) in [6.07, 6.45) is 12.3. The highest BCUT2D eigenvalue weighted by atomic mass is 16.3. The number of fused-ring (bicyclic) bond motifs is 1. The first-order chi connectivity index (χ1) is 15.0. The predicted molar refractivity (Wildman–Crippen MR) is 132 cm³/mol. The van der Waals surface area contributed by atoms with Gasteiger partial charge in [-0.25, -0.2) is 0 Å². The van der Waals surface area contributed by atoms with Crippen molar-refractivity contribution in [3.8, 4) is 0 Å². The molecule has 0 bridgehead atoms. The Balaban J connectivity index is 1.76. The number of carbonyl (C=O) groups is 1. The van der Waals surface area contributed by atoms with E-state index in [4.69, 9.17) is 0 Å². The molecule has 0 aromatic carbocycles. The monoisotopic (exact) mass is 448 g/mol. The molecule has 184 valence electrons. The smallest absolute Gasteiger partial charge is 0.224 e. The van der Waals surface area contributed by atoms with Crippen LogP contribution < -0.4 is 5.32 Å². The van der Waals surface area contributed by atoms with Crippen molar-refractivity contribution in [3.63, 3.8) is 0 Å². The molecule has 1 amide bonds. The van der Waals surface area contributed by atoms with E-state index in [9.17, 15) is 15.0 Å². The van der Waals surface area contributed by atoms with Crippen LogP contribution in [0.5, 0.6) is 0 Å². The van der Waals surface area contributed by atoms with Crippen LogP contribution in [0.3, 0.4) is 0 Å². The first kappa shape index (κ1) is 27.1. The van der Waals surface area contributed by atoms with Gasteiger partial charge in [0.05, 0.1) is 12.2 Å². The number of hydrogen-bond acceptors (Lipinski definition) is 4. The van der Waals surface area contributed by atoms with E-state index in [0.717, 1.165) is 32.2 Å². The van der Waals surface area contributed by atoms with Crippen molar-refractivity contribution in [1.29, 1.82) is 0 Å². The molecule has 5 heteroatoms. The van der Waals surface area contributed by atoms with Crippen molar-refractivity contribution < 1.29 is 15.0 Å². The number of aliphatic hydroxyl groups excluding tert-OH is 2. The van der Waals surface area contributed by atoms with Gasteiger partial charge in [0.2, 0.25) is 5.91 Å².